The molecule has 3 aromatic carbocycles. The van der Waals surface area contributed by atoms with E-state index in [0.29, 0.717) is 0 Å². The third-order valence-corrected chi connectivity index (χ3v) is 11.3. The maximum Gasteiger partial charge on any atom is 0.260 e. The fourth-order valence-electron chi connectivity index (χ4n) is 5.09. The minimum atomic E-state index is -2.65. The van der Waals surface area contributed by atoms with Crippen molar-refractivity contribution in [2.75, 3.05) is 0 Å². The summed E-state index contributed by atoms with van der Waals surface area (Å²) in [6, 6.07) is 38.3. The Morgan fingerprint density at radius 2 is 1.03 bits per heavy atom. The lowest BCUT2D eigenvalue weighted by Crippen LogP contribution is -2.83. The van der Waals surface area contributed by atoms with Crippen LogP contribution in [0.2, 0.25) is 0 Å². The molecule has 0 aliphatic carbocycles. The summed E-state index contributed by atoms with van der Waals surface area (Å²) in [5.41, 5.74) is 1.41. The summed E-state index contributed by atoms with van der Waals surface area (Å²) in [4.78, 5) is 0. The van der Waals surface area contributed by atoms with Gasteiger partial charge in [-0.05, 0) is 26.5 Å². The van der Waals surface area contributed by atoms with E-state index in [1.807, 2.05) is 0 Å². The second-order valence-electron chi connectivity index (χ2n) is 10.9. The molecule has 1 heterocycles. The molecule has 0 spiro atoms. The zero-order valence-corrected chi connectivity index (χ0v) is 21.8. The fraction of sp³-hybridized carbons (Fsp3) is 0.258. The first-order valence-corrected chi connectivity index (χ1v) is 13.9. The second-order valence-corrected chi connectivity index (χ2v) is 14.6. The van der Waals surface area contributed by atoms with Crippen molar-refractivity contribution in [1.82, 2.24) is 0 Å². The van der Waals surface area contributed by atoms with Gasteiger partial charge in [0.1, 0.15) is 0 Å². The zero-order chi connectivity index (χ0) is 23.7. The lowest BCUT2D eigenvalue weighted by molar-refractivity contribution is -0.738. The van der Waals surface area contributed by atoms with Crippen LogP contribution in [0, 0.1) is 0 Å². The van der Waals surface area contributed by atoms with E-state index >= 15 is 0 Å². The van der Waals surface area contributed by atoms with Crippen molar-refractivity contribution in [3.63, 3.8) is 0 Å². The Balaban J connectivity index is 2.27. The summed E-state index contributed by atoms with van der Waals surface area (Å²) in [7, 11) is -2.65. The third kappa shape index (κ3) is 4.20. The van der Waals surface area contributed by atoms with Crippen LogP contribution in [0.3, 0.4) is 0 Å². The van der Waals surface area contributed by atoms with Crippen LogP contribution in [0.25, 0.3) is 0 Å². The Labute approximate surface area is 200 Å². The molecule has 0 aliphatic rings. The molecule has 0 N–H and O–H groups in total. The summed E-state index contributed by atoms with van der Waals surface area (Å²) in [6.07, 6.45) is 2.27. The van der Waals surface area contributed by atoms with Gasteiger partial charge in [-0.1, -0.05) is 112 Å². The highest BCUT2D eigenvalue weighted by molar-refractivity contribution is 7.19. The van der Waals surface area contributed by atoms with E-state index in [1.54, 1.807) is 0 Å². The molecule has 2 heteroatoms. The molecule has 0 atom stereocenters. The van der Waals surface area contributed by atoms with Crippen molar-refractivity contribution in [3.05, 3.63) is 115 Å². The van der Waals surface area contributed by atoms with Gasteiger partial charge in [-0.3, -0.25) is 0 Å². The van der Waals surface area contributed by atoms with Crippen molar-refractivity contribution in [2.24, 2.45) is 0 Å². The molecule has 0 bridgehead atoms. The van der Waals surface area contributed by atoms with E-state index in [9.17, 15) is 0 Å². The Morgan fingerprint density at radius 3 is 1.55 bits per heavy atom. The minimum Gasteiger partial charge on any atom is -0.202 e. The Morgan fingerprint density at radius 1 is 0.545 bits per heavy atom. The molecule has 4 aromatic rings. The van der Waals surface area contributed by atoms with Crippen LogP contribution >= 0.6 is 0 Å². The van der Waals surface area contributed by atoms with Gasteiger partial charge in [0.2, 0.25) is 0 Å². The van der Waals surface area contributed by atoms with E-state index in [0.717, 1.165) is 0 Å². The highest BCUT2D eigenvalue weighted by atomic mass is 28.3. The SMILES string of the molecule is CC(C)(C)c1ccccc1[Si](c1ccccc1)(c1ccccc1)c1cccc[n+]1C(C)(C)C. The average molecular weight is 451 g/mol. The molecule has 0 saturated heterocycles. The number of nitrogens with zero attached hydrogens (tertiary/aromatic N) is 1. The van der Waals surface area contributed by atoms with Gasteiger partial charge in [0, 0.05) is 32.9 Å². The van der Waals surface area contributed by atoms with Crippen LogP contribution in [0.1, 0.15) is 47.1 Å². The van der Waals surface area contributed by atoms with Crippen LogP contribution in [-0.2, 0) is 11.0 Å². The second kappa shape index (κ2) is 8.76. The van der Waals surface area contributed by atoms with Crippen molar-refractivity contribution < 1.29 is 4.57 Å². The highest BCUT2D eigenvalue weighted by Crippen LogP contribution is 2.23. The molecule has 0 radical (unpaired) electrons. The smallest absolute Gasteiger partial charge is 0.202 e. The molecule has 168 valence electrons. The van der Waals surface area contributed by atoms with E-state index < -0.39 is 8.07 Å². The Hall–Kier alpha value is -2.97. The Bertz CT molecular complexity index is 1120. The molecular weight excluding hydrogens is 414 g/mol. The average Bonchev–Trinajstić information content (AvgIpc) is 2.80. The summed E-state index contributed by atoms with van der Waals surface area (Å²) in [5, 5.41) is 5.71. The van der Waals surface area contributed by atoms with Crippen LogP contribution in [-0.4, -0.2) is 8.07 Å². The van der Waals surface area contributed by atoms with Crippen LogP contribution < -0.4 is 25.4 Å². The third-order valence-electron chi connectivity index (χ3n) is 6.52. The summed E-state index contributed by atoms with van der Waals surface area (Å²) >= 11 is 0. The number of rotatable bonds is 4. The molecule has 1 aromatic heterocycles. The molecule has 0 unspecified atom stereocenters. The number of aromatic nitrogens is 1. The van der Waals surface area contributed by atoms with E-state index in [1.165, 1.54) is 26.4 Å². The maximum absolute atomic E-state index is 2.65. The minimum absolute atomic E-state index is 0.0275. The molecule has 0 saturated carbocycles. The van der Waals surface area contributed by atoms with E-state index in [4.69, 9.17) is 0 Å². The normalized spacial score (nSPS) is 12.5. The van der Waals surface area contributed by atoms with Crippen molar-refractivity contribution in [2.45, 2.75) is 52.5 Å². The molecule has 0 aliphatic heterocycles. The van der Waals surface area contributed by atoms with Crippen molar-refractivity contribution in [3.8, 4) is 0 Å². The predicted molar refractivity (Wildman–Crippen MR) is 144 cm³/mol. The van der Waals surface area contributed by atoms with Gasteiger partial charge in [-0.15, -0.1) is 0 Å². The topological polar surface area (TPSA) is 3.88 Å². The first kappa shape index (κ1) is 23.2. The van der Waals surface area contributed by atoms with Gasteiger partial charge in [0.25, 0.3) is 8.07 Å². The molecule has 1 nitrogen and oxygen atoms in total. The molecule has 33 heavy (non-hydrogen) atoms. The van der Waals surface area contributed by atoms with Gasteiger partial charge in [-0.2, -0.15) is 0 Å². The first-order valence-electron chi connectivity index (χ1n) is 11.9. The number of benzene rings is 3. The quantitative estimate of drug-likeness (QED) is 0.246. The molecule has 0 amide bonds. The summed E-state index contributed by atoms with van der Waals surface area (Å²) in [5.74, 6) is 0. The number of hydrogen-bond acceptors (Lipinski definition) is 0. The predicted octanol–water partition coefficient (Wildman–Crippen LogP) is 4.40. The van der Waals surface area contributed by atoms with Crippen LogP contribution in [0.15, 0.2) is 109 Å². The number of pyridine rings is 1. The first-order chi connectivity index (χ1) is 15.7. The van der Waals surface area contributed by atoms with Gasteiger partial charge in [0.15, 0.2) is 17.1 Å². The highest BCUT2D eigenvalue weighted by Gasteiger charge is 2.51. The lowest BCUT2D eigenvalue weighted by atomic mass is 9.87. The molecule has 0 fully saturated rings. The van der Waals surface area contributed by atoms with Gasteiger partial charge >= 0.3 is 0 Å². The summed E-state index contributed by atoms with van der Waals surface area (Å²) < 4.78 is 2.51. The van der Waals surface area contributed by atoms with E-state index in [-0.39, 0.29) is 11.0 Å². The van der Waals surface area contributed by atoms with Crippen molar-refractivity contribution >= 4 is 29.0 Å². The zero-order valence-electron chi connectivity index (χ0n) is 20.8. The fourth-order valence-corrected chi connectivity index (χ4v) is 10.6. The Kier molecular flexibility index (Phi) is 6.15. The standard InChI is InChI=1S/C31H36NSi/c1-30(2,3)27-21-13-14-22-28(27)33(25-17-9-7-10-18-25,26-19-11-8-12-20-26)29-23-15-16-24-32(29)31(4,5)6/h7-24H,1-6H3/q+1. The molecule has 4 rings (SSSR count). The number of hydrogen-bond donors (Lipinski definition) is 0. The monoisotopic (exact) mass is 450 g/mol. The van der Waals surface area contributed by atoms with Gasteiger partial charge in [-0.25, -0.2) is 4.57 Å². The van der Waals surface area contributed by atoms with Gasteiger partial charge in [0.05, 0.1) is 0 Å². The largest absolute Gasteiger partial charge is 0.260 e. The van der Waals surface area contributed by atoms with Gasteiger partial charge < -0.3 is 0 Å². The lowest BCUT2D eigenvalue weighted by Gasteiger charge is -2.36. The van der Waals surface area contributed by atoms with Crippen molar-refractivity contribution in [1.29, 1.82) is 0 Å². The molecular formula is C31H36NSi+. The van der Waals surface area contributed by atoms with Crippen LogP contribution in [0.4, 0.5) is 0 Å². The van der Waals surface area contributed by atoms with Crippen LogP contribution in [0.5, 0.6) is 0 Å². The summed E-state index contributed by atoms with van der Waals surface area (Å²) in [6.45, 7) is 13.9. The van der Waals surface area contributed by atoms with E-state index in [2.05, 4.69) is 155 Å². The maximum atomic E-state index is 2.51.